The third-order valence-electron chi connectivity index (χ3n) is 4.21. The van der Waals surface area contributed by atoms with Crippen LogP contribution in [0.3, 0.4) is 0 Å². The summed E-state index contributed by atoms with van der Waals surface area (Å²) < 4.78 is 28.7. The molecule has 1 atom stereocenters. The molecule has 3 rings (SSSR count). The molecule has 1 aromatic rings. The first-order chi connectivity index (χ1) is 9.15. The van der Waals surface area contributed by atoms with Crippen LogP contribution >= 0.6 is 0 Å². The number of rotatable bonds is 3. The molecule has 0 aromatic heterocycles. The van der Waals surface area contributed by atoms with Crippen LogP contribution in [-0.2, 0) is 16.8 Å². The van der Waals surface area contributed by atoms with Crippen LogP contribution in [0, 0.1) is 5.92 Å². The zero-order chi connectivity index (χ0) is 13.3. The molecule has 2 fully saturated rings. The highest BCUT2D eigenvalue weighted by Gasteiger charge is 2.39. The van der Waals surface area contributed by atoms with Crippen LogP contribution in [-0.4, -0.2) is 25.3 Å². The first-order valence-electron chi connectivity index (χ1n) is 6.96. The van der Waals surface area contributed by atoms with Crippen LogP contribution in [0.1, 0.15) is 31.2 Å². The van der Waals surface area contributed by atoms with Crippen molar-refractivity contribution in [3.8, 4) is 0 Å². The van der Waals surface area contributed by atoms with E-state index >= 15 is 0 Å². The minimum absolute atomic E-state index is 0.108. The maximum absolute atomic E-state index is 12.1. The van der Waals surface area contributed by atoms with E-state index < -0.39 is 10.2 Å². The van der Waals surface area contributed by atoms with Crippen molar-refractivity contribution < 1.29 is 8.42 Å². The molecular formula is C14H20N2O2S. The largest absolute Gasteiger partial charge is 0.280 e. The molecule has 1 aliphatic carbocycles. The van der Waals surface area contributed by atoms with Gasteiger partial charge in [0.2, 0.25) is 0 Å². The fourth-order valence-electron chi connectivity index (χ4n) is 3.16. The van der Waals surface area contributed by atoms with Crippen LogP contribution in [0.5, 0.6) is 0 Å². The molecule has 5 heteroatoms. The lowest BCUT2D eigenvalue weighted by Crippen LogP contribution is -2.33. The molecule has 1 heterocycles. The molecule has 1 aromatic carbocycles. The van der Waals surface area contributed by atoms with Crippen molar-refractivity contribution >= 4 is 10.2 Å². The van der Waals surface area contributed by atoms with E-state index in [4.69, 9.17) is 0 Å². The summed E-state index contributed by atoms with van der Waals surface area (Å²) in [5.41, 5.74) is 1.04. The average molecular weight is 280 g/mol. The molecule has 0 amide bonds. The van der Waals surface area contributed by atoms with Crippen molar-refractivity contribution in [1.29, 1.82) is 0 Å². The fraction of sp³-hybridized carbons (Fsp3) is 0.571. The molecule has 1 saturated heterocycles. The smallest absolute Gasteiger partial charge is 0.197 e. The Kier molecular flexibility index (Phi) is 3.60. The fourth-order valence-corrected chi connectivity index (χ4v) is 4.64. The third-order valence-corrected chi connectivity index (χ3v) is 5.77. The summed E-state index contributed by atoms with van der Waals surface area (Å²) in [4.78, 5) is 0. The summed E-state index contributed by atoms with van der Waals surface area (Å²) in [5.74, 6) is 0.524. The topological polar surface area (TPSA) is 49.4 Å². The van der Waals surface area contributed by atoms with Crippen molar-refractivity contribution in [1.82, 2.24) is 9.03 Å². The number of hydrogen-bond donors (Lipinski definition) is 1. The summed E-state index contributed by atoms with van der Waals surface area (Å²) in [6, 6.07) is 9.88. The normalized spacial score (nSPS) is 27.9. The second-order valence-electron chi connectivity index (χ2n) is 5.55. The molecule has 1 N–H and O–H groups in total. The van der Waals surface area contributed by atoms with Crippen LogP contribution in [0.4, 0.5) is 0 Å². The summed E-state index contributed by atoms with van der Waals surface area (Å²) in [6.45, 7) is 1.08. The van der Waals surface area contributed by atoms with Gasteiger partial charge in [-0.05, 0) is 24.3 Å². The highest BCUT2D eigenvalue weighted by molar-refractivity contribution is 7.87. The van der Waals surface area contributed by atoms with Gasteiger partial charge in [-0.1, -0.05) is 43.2 Å². The summed E-state index contributed by atoms with van der Waals surface area (Å²) in [5, 5.41) is 0. The van der Waals surface area contributed by atoms with Crippen molar-refractivity contribution in [2.24, 2.45) is 5.92 Å². The predicted octanol–water partition coefficient (Wildman–Crippen LogP) is 1.90. The van der Waals surface area contributed by atoms with Gasteiger partial charge in [0.25, 0.3) is 10.2 Å². The molecule has 0 unspecified atom stereocenters. The van der Waals surface area contributed by atoms with E-state index in [1.807, 2.05) is 30.3 Å². The summed E-state index contributed by atoms with van der Waals surface area (Å²) in [6.07, 6.45) is 4.79. The van der Waals surface area contributed by atoms with Crippen molar-refractivity contribution in [2.45, 2.75) is 38.3 Å². The Morgan fingerprint density at radius 1 is 1.16 bits per heavy atom. The Bertz CT molecular complexity index is 524. The maximum atomic E-state index is 12.1. The Balaban J connectivity index is 1.71. The SMILES string of the molecule is O=S1(=O)N[C@@H](C2CCCC2)CN1Cc1ccccc1. The quantitative estimate of drug-likeness (QED) is 0.919. The lowest BCUT2D eigenvalue weighted by Gasteiger charge is -2.16. The zero-order valence-corrected chi connectivity index (χ0v) is 11.8. The number of nitrogens with zero attached hydrogens (tertiary/aromatic N) is 1. The average Bonchev–Trinajstić information content (AvgIpc) is 2.99. The lowest BCUT2D eigenvalue weighted by atomic mass is 9.99. The van der Waals surface area contributed by atoms with Gasteiger partial charge in [-0.3, -0.25) is 0 Å². The number of nitrogens with one attached hydrogen (secondary N) is 1. The number of benzene rings is 1. The second-order valence-corrected chi connectivity index (χ2v) is 7.25. The van der Waals surface area contributed by atoms with E-state index in [0.717, 1.165) is 18.4 Å². The first kappa shape index (κ1) is 13.1. The molecule has 1 aliphatic heterocycles. The highest BCUT2D eigenvalue weighted by Crippen LogP contribution is 2.31. The molecule has 2 aliphatic rings. The zero-order valence-electron chi connectivity index (χ0n) is 11.0. The Labute approximate surface area is 115 Å². The van der Waals surface area contributed by atoms with Gasteiger partial charge < -0.3 is 0 Å². The van der Waals surface area contributed by atoms with E-state index in [1.165, 1.54) is 12.8 Å². The molecule has 4 nitrogen and oxygen atoms in total. The molecule has 0 radical (unpaired) electrons. The molecular weight excluding hydrogens is 260 g/mol. The van der Waals surface area contributed by atoms with E-state index in [2.05, 4.69) is 4.72 Å². The molecule has 104 valence electrons. The molecule has 0 bridgehead atoms. The van der Waals surface area contributed by atoms with Gasteiger partial charge in [0, 0.05) is 19.1 Å². The van der Waals surface area contributed by atoms with Gasteiger partial charge in [0.05, 0.1) is 0 Å². The first-order valence-corrected chi connectivity index (χ1v) is 8.40. The van der Waals surface area contributed by atoms with Crippen LogP contribution < -0.4 is 4.72 Å². The molecule has 19 heavy (non-hydrogen) atoms. The van der Waals surface area contributed by atoms with Gasteiger partial charge in [-0.25, -0.2) is 0 Å². The summed E-state index contributed by atoms with van der Waals surface area (Å²) in [7, 11) is -3.29. The van der Waals surface area contributed by atoms with Crippen LogP contribution in [0.15, 0.2) is 30.3 Å². The van der Waals surface area contributed by atoms with Gasteiger partial charge in [-0.2, -0.15) is 17.4 Å². The Hall–Kier alpha value is -0.910. The van der Waals surface area contributed by atoms with E-state index in [9.17, 15) is 8.42 Å². The van der Waals surface area contributed by atoms with E-state index in [1.54, 1.807) is 4.31 Å². The number of hydrogen-bond acceptors (Lipinski definition) is 2. The summed E-state index contributed by atoms with van der Waals surface area (Å²) >= 11 is 0. The van der Waals surface area contributed by atoms with E-state index in [0.29, 0.717) is 19.0 Å². The Morgan fingerprint density at radius 3 is 2.53 bits per heavy atom. The van der Waals surface area contributed by atoms with Gasteiger partial charge in [0.1, 0.15) is 0 Å². The van der Waals surface area contributed by atoms with Gasteiger partial charge in [0.15, 0.2) is 0 Å². The monoisotopic (exact) mass is 280 g/mol. The Morgan fingerprint density at radius 2 is 1.84 bits per heavy atom. The predicted molar refractivity (Wildman–Crippen MR) is 74.7 cm³/mol. The van der Waals surface area contributed by atoms with E-state index in [-0.39, 0.29) is 6.04 Å². The minimum atomic E-state index is -3.29. The second kappa shape index (κ2) is 5.23. The highest BCUT2D eigenvalue weighted by atomic mass is 32.2. The molecule has 0 spiro atoms. The molecule has 1 saturated carbocycles. The standard InChI is InChI=1S/C14H20N2O2S/c17-19(18)15-14(13-8-4-5-9-13)11-16(19)10-12-6-2-1-3-7-12/h1-3,6-7,13-15H,4-5,8-11H2/t14-/m1/s1. The van der Waals surface area contributed by atoms with Crippen molar-refractivity contribution in [3.05, 3.63) is 35.9 Å². The van der Waals surface area contributed by atoms with Crippen LogP contribution in [0.25, 0.3) is 0 Å². The van der Waals surface area contributed by atoms with Gasteiger partial charge in [-0.15, -0.1) is 0 Å². The van der Waals surface area contributed by atoms with Gasteiger partial charge >= 0.3 is 0 Å². The van der Waals surface area contributed by atoms with Crippen LogP contribution in [0.2, 0.25) is 0 Å². The van der Waals surface area contributed by atoms with Crippen molar-refractivity contribution in [2.75, 3.05) is 6.54 Å². The minimum Gasteiger partial charge on any atom is -0.197 e. The lowest BCUT2D eigenvalue weighted by molar-refractivity contribution is 0.357. The van der Waals surface area contributed by atoms with Crippen molar-refractivity contribution in [3.63, 3.8) is 0 Å². The maximum Gasteiger partial charge on any atom is 0.280 e. The third kappa shape index (κ3) is 2.83.